The van der Waals surface area contributed by atoms with Gasteiger partial charge >= 0.3 is 12.3 Å². The lowest BCUT2D eigenvalue weighted by molar-refractivity contribution is -0.147. The molecule has 1 amide bonds. The number of carbonyl (C=O) groups is 1. The van der Waals surface area contributed by atoms with Crippen LogP contribution in [0.1, 0.15) is 36.3 Å². The smallest absolute Gasteiger partial charge is 0.451 e. The number of thiophene rings is 1. The standard InChI is InChI=1S/C23H29F3N8O3S/c1-3-4-15-11-16-18(31-7-8-34-17(13-31)29-30-20(34)23(24,25)26)27-21(28-19(16)38-15)32-6-5-14(12-32)33(9-10-35)22(36)37-2/h11,14,35H,3-10,12-13H2,1-2H3/t14-/m0/s1. The van der Waals surface area contributed by atoms with Gasteiger partial charge in [-0.15, -0.1) is 21.5 Å². The summed E-state index contributed by atoms with van der Waals surface area (Å²) < 4.78 is 46.0. The molecule has 2 aliphatic rings. The second kappa shape index (κ2) is 10.5. The second-order valence-corrected chi connectivity index (χ2v) is 10.4. The van der Waals surface area contributed by atoms with Crippen LogP contribution in [0, 0.1) is 0 Å². The minimum atomic E-state index is -4.56. The molecular weight excluding hydrogens is 525 g/mol. The summed E-state index contributed by atoms with van der Waals surface area (Å²) >= 11 is 1.59. The molecule has 0 aromatic carbocycles. The average Bonchev–Trinajstić information content (AvgIpc) is 3.63. The van der Waals surface area contributed by atoms with Gasteiger partial charge in [0, 0.05) is 37.6 Å². The molecule has 1 N–H and O–H groups in total. The molecule has 0 saturated carbocycles. The zero-order valence-electron chi connectivity index (χ0n) is 21.1. The molecule has 5 rings (SSSR count). The van der Waals surface area contributed by atoms with Crippen LogP contribution in [-0.4, -0.2) is 86.8 Å². The van der Waals surface area contributed by atoms with Crippen molar-refractivity contribution in [1.82, 2.24) is 29.6 Å². The zero-order chi connectivity index (χ0) is 27.0. The van der Waals surface area contributed by atoms with Gasteiger partial charge in [0.25, 0.3) is 0 Å². The number of aromatic nitrogens is 5. The third-order valence-electron chi connectivity index (χ3n) is 6.85. The lowest BCUT2D eigenvalue weighted by atomic mass is 10.2. The molecule has 3 aromatic heterocycles. The predicted molar refractivity (Wildman–Crippen MR) is 134 cm³/mol. The molecule has 0 radical (unpaired) electrons. The van der Waals surface area contributed by atoms with Crippen molar-refractivity contribution in [2.45, 2.75) is 51.5 Å². The van der Waals surface area contributed by atoms with Crippen LogP contribution in [0.15, 0.2) is 6.07 Å². The highest BCUT2D eigenvalue weighted by Crippen LogP contribution is 2.36. The molecular formula is C23H29F3N8O3S. The normalized spacial score (nSPS) is 17.8. The molecule has 0 unspecified atom stereocenters. The number of fused-ring (bicyclic) bond motifs is 2. The number of ether oxygens (including phenoxy) is 1. The maximum Gasteiger partial charge on any atom is 0.451 e. The number of halogens is 3. The molecule has 0 spiro atoms. The Bertz CT molecular complexity index is 1310. The van der Waals surface area contributed by atoms with Gasteiger partial charge in [0.05, 0.1) is 31.7 Å². The Kier molecular flexibility index (Phi) is 7.31. The number of hydrogen-bond donors (Lipinski definition) is 1. The number of anilines is 2. The average molecular weight is 555 g/mol. The second-order valence-electron chi connectivity index (χ2n) is 9.32. The number of methoxy groups -OCH3 is 1. The number of alkyl halides is 3. The molecule has 5 heterocycles. The highest BCUT2D eigenvalue weighted by atomic mass is 32.1. The van der Waals surface area contributed by atoms with E-state index in [9.17, 15) is 23.1 Å². The van der Waals surface area contributed by atoms with E-state index in [0.717, 1.165) is 32.5 Å². The van der Waals surface area contributed by atoms with Gasteiger partial charge in [-0.05, 0) is 18.9 Å². The van der Waals surface area contributed by atoms with E-state index in [2.05, 4.69) is 23.2 Å². The van der Waals surface area contributed by atoms with Crippen LogP contribution in [0.2, 0.25) is 0 Å². The summed E-state index contributed by atoms with van der Waals surface area (Å²) in [5.41, 5.74) is 0. The highest BCUT2D eigenvalue weighted by Gasteiger charge is 2.40. The Hall–Kier alpha value is -3.20. The summed E-state index contributed by atoms with van der Waals surface area (Å²) in [5, 5.41) is 17.5. The summed E-state index contributed by atoms with van der Waals surface area (Å²) in [5.74, 6) is 0.397. The van der Waals surface area contributed by atoms with E-state index in [1.165, 1.54) is 12.0 Å². The lowest BCUT2D eigenvalue weighted by Crippen LogP contribution is -2.43. The van der Waals surface area contributed by atoms with Gasteiger partial charge in [-0.1, -0.05) is 13.3 Å². The fourth-order valence-corrected chi connectivity index (χ4v) is 6.19. The summed E-state index contributed by atoms with van der Waals surface area (Å²) in [6.45, 7) is 3.70. The molecule has 15 heteroatoms. The van der Waals surface area contributed by atoms with Crippen molar-refractivity contribution in [3.05, 3.63) is 22.6 Å². The fraction of sp³-hybridized carbons (Fsp3) is 0.609. The van der Waals surface area contributed by atoms with E-state index in [1.807, 2.05) is 9.80 Å². The van der Waals surface area contributed by atoms with Crippen molar-refractivity contribution in [2.24, 2.45) is 0 Å². The van der Waals surface area contributed by atoms with E-state index < -0.39 is 18.1 Å². The van der Waals surface area contributed by atoms with Crippen LogP contribution in [0.25, 0.3) is 10.2 Å². The largest absolute Gasteiger partial charge is 0.453 e. The highest BCUT2D eigenvalue weighted by molar-refractivity contribution is 7.18. The topological polar surface area (TPSA) is 113 Å². The van der Waals surface area contributed by atoms with Crippen molar-refractivity contribution < 1.29 is 27.8 Å². The SMILES string of the molecule is CCCc1cc2c(N3CCn4c(nnc4C(F)(F)F)C3)nc(N3CC[C@H](N(CCO)C(=O)OC)C3)nc2s1. The van der Waals surface area contributed by atoms with Crippen LogP contribution >= 0.6 is 11.3 Å². The molecule has 1 atom stereocenters. The molecule has 2 aliphatic heterocycles. The quantitative estimate of drug-likeness (QED) is 0.471. The third-order valence-corrected chi connectivity index (χ3v) is 7.94. The number of aryl methyl sites for hydroxylation is 1. The van der Waals surface area contributed by atoms with Gasteiger partial charge in [0.2, 0.25) is 11.8 Å². The van der Waals surface area contributed by atoms with Crippen molar-refractivity contribution in [1.29, 1.82) is 0 Å². The van der Waals surface area contributed by atoms with Gasteiger partial charge in [-0.25, -0.2) is 9.78 Å². The number of amides is 1. The number of aliphatic hydroxyl groups is 1. The van der Waals surface area contributed by atoms with Crippen LogP contribution in [0.3, 0.4) is 0 Å². The first kappa shape index (κ1) is 26.4. The van der Waals surface area contributed by atoms with Gasteiger partial charge < -0.3 is 29.1 Å². The number of rotatable bonds is 7. The maximum atomic E-state index is 13.3. The minimum Gasteiger partial charge on any atom is -0.453 e. The van der Waals surface area contributed by atoms with E-state index in [1.54, 1.807) is 11.3 Å². The number of hydrogen-bond acceptors (Lipinski definition) is 10. The zero-order valence-corrected chi connectivity index (χ0v) is 21.9. The molecule has 0 bridgehead atoms. The Morgan fingerprint density at radius 1 is 1.24 bits per heavy atom. The fourth-order valence-electron chi connectivity index (χ4n) is 5.07. The van der Waals surface area contributed by atoms with E-state index in [0.29, 0.717) is 37.8 Å². The Morgan fingerprint density at radius 3 is 2.76 bits per heavy atom. The van der Waals surface area contributed by atoms with E-state index in [4.69, 9.17) is 14.7 Å². The van der Waals surface area contributed by atoms with Crippen LogP contribution in [0.5, 0.6) is 0 Å². The van der Waals surface area contributed by atoms with Crippen molar-refractivity contribution in [3.63, 3.8) is 0 Å². The number of carbonyl (C=O) groups excluding carboxylic acids is 1. The van der Waals surface area contributed by atoms with Crippen molar-refractivity contribution in [3.8, 4) is 0 Å². The van der Waals surface area contributed by atoms with Gasteiger partial charge in [0.1, 0.15) is 10.6 Å². The molecule has 3 aromatic rings. The van der Waals surface area contributed by atoms with Crippen LogP contribution < -0.4 is 9.80 Å². The molecule has 38 heavy (non-hydrogen) atoms. The predicted octanol–water partition coefficient (Wildman–Crippen LogP) is 2.91. The van der Waals surface area contributed by atoms with Gasteiger partial charge in [0.15, 0.2) is 5.82 Å². The van der Waals surface area contributed by atoms with Crippen LogP contribution in [-0.2, 0) is 30.4 Å². The van der Waals surface area contributed by atoms with Gasteiger partial charge in [-0.2, -0.15) is 18.2 Å². The molecule has 0 aliphatic carbocycles. The first-order valence-corrected chi connectivity index (χ1v) is 13.3. The Labute approximate surface area is 220 Å². The summed E-state index contributed by atoms with van der Waals surface area (Å²) in [7, 11) is 1.31. The number of nitrogens with zero attached hydrogens (tertiary/aromatic N) is 8. The molecule has 1 saturated heterocycles. The molecule has 1 fully saturated rings. The van der Waals surface area contributed by atoms with Crippen LogP contribution in [0.4, 0.5) is 29.7 Å². The summed E-state index contributed by atoms with van der Waals surface area (Å²) in [4.78, 5) is 29.4. The molecule has 11 nitrogen and oxygen atoms in total. The third kappa shape index (κ3) is 4.96. The van der Waals surface area contributed by atoms with E-state index >= 15 is 0 Å². The first-order valence-electron chi connectivity index (χ1n) is 12.5. The first-order chi connectivity index (χ1) is 18.2. The van der Waals surface area contributed by atoms with Crippen molar-refractivity contribution >= 4 is 39.4 Å². The summed E-state index contributed by atoms with van der Waals surface area (Å²) in [6, 6.07) is 1.89. The maximum absolute atomic E-state index is 13.3. The summed E-state index contributed by atoms with van der Waals surface area (Å²) in [6.07, 6.45) is -2.55. The lowest BCUT2D eigenvalue weighted by Gasteiger charge is -2.30. The molecule has 206 valence electrons. The monoisotopic (exact) mass is 554 g/mol. The van der Waals surface area contributed by atoms with Gasteiger partial charge in [-0.3, -0.25) is 0 Å². The number of aliphatic hydroxyl groups excluding tert-OH is 1. The Morgan fingerprint density at radius 2 is 2.05 bits per heavy atom. The van der Waals surface area contributed by atoms with E-state index in [-0.39, 0.29) is 38.1 Å². The minimum absolute atomic E-state index is 0.0883. The van der Waals surface area contributed by atoms with Crippen molar-refractivity contribution in [2.75, 3.05) is 49.7 Å². The Balaban J connectivity index is 1.47.